The standard InChI is InChI=1S/C23H42N4O12/c1-15(14-38-23-22(37)21(36)20(35)16(13-28)39-23)27-8-6-25(11-18(31)32)4-2-24(10-17(29)30)3-5-26(7-9-27)12-19(33)34/h15-16,20-23,28,35-37H,2-14H2,1H3,(H,29,30)(H,31,32)(H,33,34)/t15-,16-,20+,21+,22-,23-/m1/s1. The normalized spacial score (nSPS) is 30.2. The summed E-state index contributed by atoms with van der Waals surface area (Å²) >= 11 is 0. The van der Waals surface area contributed by atoms with Gasteiger partial charge < -0.3 is 45.2 Å². The summed E-state index contributed by atoms with van der Waals surface area (Å²) in [6.45, 7) is 3.10. The highest BCUT2D eigenvalue weighted by Gasteiger charge is 2.44. The lowest BCUT2D eigenvalue weighted by molar-refractivity contribution is -0.303. The van der Waals surface area contributed by atoms with Crippen LogP contribution in [0.1, 0.15) is 6.92 Å². The molecule has 39 heavy (non-hydrogen) atoms. The maximum atomic E-state index is 11.4. The van der Waals surface area contributed by atoms with Gasteiger partial charge in [-0.05, 0) is 6.92 Å². The zero-order valence-corrected chi connectivity index (χ0v) is 22.1. The zero-order valence-electron chi connectivity index (χ0n) is 22.1. The first-order valence-electron chi connectivity index (χ1n) is 12.9. The largest absolute Gasteiger partial charge is 0.480 e. The van der Waals surface area contributed by atoms with E-state index >= 15 is 0 Å². The summed E-state index contributed by atoms with van der Waals surface area (Å²) in [7, 11) is 0. The molecule has 16 nitrogen and oxygen atoms in total. The third-order valence-corrected chi connectivity index (χ3v) is 6.92. The highest BCUT2D eigenvalue weighted by molar-refractivity contribution is 5.69. The van der Waals surface area contributed by atoms with Gasteiger partial charge in [0.2, 0.25) is 0 Å². The predicted octanol–water partition coefficient (Wildman–Crippen LogP) is -4.33. The first-order valence-corrected chi connectivity index (χ1v) is 12.9. The van der Waals surface area contributed by atoms with Gasteiger partial charge in [0.25, 0.3) is 0 Å². The fourth-order valence-electron chi connectivity index (χ4n) is 4.59. The molecule has 0 bridgehead atoms. The third kappa shape index (κ3) is 11.2. The lowest BCUT2D eigenvalue weighted by Gasteiger charge is -2.40. The van der Waals surface area contributed by atoms with Crippen LogP contribution in [0, 0.1) is 0 Å². The van der Waals surface area contributed by atoms with Crippen LogP contribution in [0.25, 0.3) is 0 Å². The zero-order chi connectivity index (χ0) is 29.1. The maximum Gasteiger partial charge on any atom is 0.317 e. The number of aliphatic hydroxyl groups excluding tert-OH is 4. The van der Waals surface area contributed by atoms with Crippen molar-refractivity contribution in [2.75, 3.05) is 85.2 Å². The molecule has 0 aromatic heterocycles. The van der Waals surface area contributed by atoms with E-state index in [9.17, 15) is 50.1 Å². The second-order valence-corrected chi connectivity index (χ2v) is 9.93. The van der Waals surface area contributed by atoms with Crippen LogP contribution >= 0.6 is 0 Å². The molecule has 0 radical (unpaired) electrons. The Balaban J connectivity index is 2.12. The maximum absolute atomic E-state index is 11.4. The van der Waals surface area contributed by atoms with E-state index in [1.54, 1.807) is 14.7 Å². The number of carbonyl (C=O) groups is 3. The van der Waals surface area contributed by atoms with E-state index in [1.807, 2.05) is 11.8 Å². The Morgan fingerprint density at radius 2 is 1.15 bits per heavy atom. The lowest BCUT2D eigenvalue weighted by atomic mass is 9.99. The van der Waals surface area contributed by atoms with Gasteiger partial charge in [-0.2, -0.15) is 0 Å². The second-order valence-electron chi connectivity index (χ2n) is 9.93. The van der Waals surface area contributed by atoms with Gasteiger partial charge >= 0.3 is 17.9 Å². The van der Waals surface area contributed by atoms with Gasteiger partial charge in [0.15, 0.2) is 6.29 Å². The molecule has 0 saturated carbocycles. The van der Waals surface area contributed by atoms with Crippen LogP contribution in [0.15, 0.2) is 0 Å². The molecule has 226 valence electrons. The number of rotatable bonds is 11. The van der Waals surface area contributed by atoms with Gasteiger partial charge in [-0.15, -0.1) is 0 Å². The van der Waals surface area contributed by atoms with Crippen molar-refractivity contribution >= 4 is 17.9 Å². The van der Waals surface area contributed by atoms with E-state index in [1.165, 1.54) is 0 Å². The van der Waals surface area contributed by atoms with E-state index in [2.05, 4.69) is 0 Å². The van der Waals surface area contributed by atoms with Crippen molar-refractivity contribution in [3.63, 3.8) is 0 Å². The minimum Gasteiger partial charge on any atom is -0.480 e. The van der Waals surface area contributed by atoms with Crippen molar-refractivity contribution in [3.05, 3.63) is 0 Å². The first kappa shape index (κ1) is 33.2. The van der Waals surface area contributed by atoms with Gasteiger partial charge in [-0.1, -0.05) is 0 Å². The number of hydrogen-bond donors (Lipinski definition) is 7. The molecule has 2 fully saturated rings. The van der Waals surface area contributed by atoms with Gasteiger partial charge in [0, 0.05) is 58.4 Å². The summed E-state index contributed by atoms with van der Waals surface area (Å²) < 4.78 is 11.1. The molecule has 2 heterocycles. The van der Waals surface area contributed by atoms with Crippen LogP contribution in [0.4, 0.5) is 0 Å². The molecule has 16 heteroatoms. The van der Waals surface area contributed by atoms with E-state index in [-0.39, 0.29) is 45.4 Å². The summed E-state index contributed by atoms with van der Waals surface area (Å²) in [5, 5.41) is 67.6. The van der Waals surface area contributed by atoms with E-state index in [0.717, 1.165) is 0 Å². The van der Waals surface area contributed by atoms with Crippen molar-refractivity contribution < 1.29 is 59.6 Å². The van der Waals surface area contributed by atoms with Crippen LogP contribution in [-0.2, 0) is 23.9 Å². The Labute approximate surface area is 226 Å². The molecule has 0 spiro atoms. The van der Waals surface area contributed by atoms with Crippen molar-refractivity contribution in [2.24, 2.45) is 0 Å². The van der Waals surface area contributed by atoms with Gasteiger partial charge in [0.05, 0.1) is 32.8 Å². The molecule has 2 aliphatic heterocycles. The molecule has 0 unspecified atom stereocenters. The molecule has 0 aromatic carbocycles. The van der Waals surface area contributed by atoms with Gasteiger partial charge in [-0.25, -0.2) is 0 Å². The monoisotopic (exact) mass is 566 g/mol. The Morgan fingerprint density at radius 3 is 1.54 bits per heavy atom. The number of hydrogen-bond acceptors (Lipinski definition) is 13. The Morgan fingerprint density at radius 1 is 0.744 bits per heavy atom. The molecule has 7 N–H and O–H groups in total. The number of nitrogens with zero attached hydrogens (tertiary/aromatic N) is 4. The quantitative estimate of drug-likeness (QED) is 0.125. The predicted molar refractivity (Wildman–Crippen MR) is 133 cm³/mol. The van der Waals surface area contributed by atoms with Crippen molar-refractivity contribution in [3.8, 4) is 0 Å². The Bertz CT molecular complexity index is 758. The molecule has 2 rings (SSSR count). The van der Waals surface area contributed by atoms with Crippen LogP contribution in [-0.4, -0.2) is 195 Å². The van der Waals surface area contributed by atoms with Crippen molar-refractivity contribution in [2.45, 2.75) is 43.7 Å². The number of aliphatic carboxylic acids is 3. The lowest BCUT2D eigenvalue weighted by Crippen LogP contribution is -2.59. The molecule has 0 aliphatic carbocycles. The minimum absolute atomic E-state index is 0.00689. The smallest absolute Gasteiger partial charge is 0.317 e. The number of carboxylic acids is 3. The number of carboxylic acid groups (broad SMARTS) is 3. The van der Waals surface area contributed by atoms with Crippen molar-refractivity contribution in [1.82, 2.24) is 19.6 Å². The first-order chi connectivity index (χ1) is 18.4. The highest BCUT2D eigenvalue weighted by atomic mass is 16.7. The average molecular weight is 567 g/mol. The van der Waals surface area contributed by atoms with E-state index in [0.29, 0.717) is 39.3 Å². The van der Waals surface area contributed by atoms with Crippen molar-refractivity contribution in [1.29, 1.82) is 0 Å². The number of aliphatic hydroxyl groups is 4. The van der Waals surface area contributed by atoms with Crippen LogP contribution in [0.3, 0.4) is 0 Å². The summed E-state index contributed by atoms with van der Waals surface area (Å²) in [6.07, 6.45) is -7.05. The topological polar surface area (TPSA) is 224 Å². The molecular weight excluding hydrogens is 524 g/mol. The van der Waals surface area contributed by atoms with E-state index < -0.39 is 55.2 Å². The van der Waals surface area contributed by atoms with Crippen LogP contribution in [0.2, 0.25) is 0 Å². The average Bonchev–Trinajstić information content (AvgIpc) is 2.85. The van der Waals surface area contributed by atoms with Crippen LogP contribution in [0.5, 0.6) is 0 Å². The Hall–Kier alpha value is -1.99. The fourth-order valence-corrected chi connectivity index (χ4v) is 4.59. The SMILES string of the molecule is C[C@H](CO[C@@H]1O[C@H](CO)[C@H](O)[C@H](O)[C@H]1O)N1CCN(CC(=O)O)CCN(CC(=O)O)CCN(CC(=O)O)CC1. The highest BCUT2D eigenvalue weighted by Crippen LogP contribution is 2.22. The summed E-state index contributed by atoms with van der Waals surface area (Å²) in [4.78, 5) is 41.2. The molecular formula is C23H42N4O12. The number of ether oxygens (including phenoxy) is 2. The Kier molecular flexibility index (Phi) is 13.9. The van der Waals surface area contributed by atoms with Gasteiger partial charge in [0.1, 0.15) is 24.4 Å². The van der Waals surface area contributed by atoms with E-state index in [4.69, 9.17) is 9.47 Å². The molecule has 0 aromatic rings. The second kappa shape index (κ2) is 16.3. The van der Waals surface area contributed by atoms with Gasteiger partial charge in [-0.3, -0.25) is 34.0 Å². The minimum atomic E-state index is -1.58. The third-order valence-electron chi connectivity index (χ3n) is 6.92. The molecule has 2 aliphatic rings. The summed E-state index contributed by atoms with van der Waals surface area (Å²) in [5.74, 6) is -3.08. The summed E-state index contributed by atoms with van der Waals surface area (Å²) in [6, 6.07) is -0.317. The fraction of sp³-hybridized carbons (Fsp3) is 0.870. The molecule has 2 saturated heterocycles. The molecule has 6 atom stereocenters. The van der Waals surface area contributed by atoms with Crippen LogP contribution < -0.4 is 0 Å². The molecule has 0 amide bonds. The summed E-state index contributed by atoms with van der Waals surface area (Å²) in [5.41, 5.74) is 0.